The molecule has 0 amide bonds. The van der Waals surface area contributed by atoms with Crippen molar-refractivity contribution in [3.05, 3.63) is 4.88 Å². The average molecular weight is 273 g/mol. The van der Waals surface area contributed by atoms with Crippen molar-refractivity contribution in [2.24, 2.45) is 5.92 Å². The van der Waals surface area contributed by atoms with Gasteiger partial charge in [0, 0.05) is 5.92 Å². The molecule has 1 saturated carbocycles. The summed E-state index contributed by atoms with van der Waals surface area (Å²) in [5.74, 6) is 1.54. The van der Waals surface area contributed by atoms with E-state index in [4.69, 9.17) is 5.73 Å². The van der Waals surface area contributed by atoms with Gasteiger partial charge in [0.2, 0.25) is 0 Å². The van der Waals surface area contributed by atoms with Gasteiger partial charge in [0.15, 0.2) is 5.78 Å². The lowest BCUT2D eigenvalue weighted by Crippen LogP contribution is -2.02. The number of rotatable bonds is 5. The Balaban J connectivity index is 2.34. The van der Waals surface area contributed by atoms with Crippen molar-refractivity contribution in [1.29, 1.82) is 0 Å². The first-order valence-corrected chi connectivity index (χ1v) is 8.35. The minimum absolute atomic E-state index is 0.259. The minimum Gasteiger partial charge on any atom is -0.397 e. The third kappa shape index (κ3) is 2.26. The van der Waals surface area contributed by atoms with E-state index >= 15 is 0 Å². The Bertz CT molecular complexity index is 410. The normalized spacial score (nSPS) is 15.4. The zero-order valence-corrected chi connectivity index (χ0v) is 11.9. The van der Waals surface area contributed by atoms with Crippen molar-refractivity contribution in [2.75, 3.05) is 17.7 Å². The molecule has 0 aliphatic heterocycles. The lowest BCUT2D eigenvalue weighted by atomic mass is 10.2. The maximum absolute atomic E-state index is 12.0. The molecule has 0 atom stereocenters. The second-order valence-electron chi connectivity index (χ2n) is 3.74. The Hall–Kier alpha value is -0.130. The van der Waals surface area contributed by atoms with E-state index in [1.165, 1.54) is 4.21 Å². The van der Waals surface area contributed by atoms with E-state index < -0.39 is 0 Å². The zero-order valence-electron chi connectivity index (χ0n) is 9.41. The highest BCUT2D eigenvalue weighted by atomic mass is 32.2. The number of hydrogen-bond acceptors (Lipinski definition) is 5. The molecule has 1 aromatic rings. The third-order valence-corrected chi connectivity index (χ3v) is 5.98. The number of Topliss-reactive ketones (excluding diaryl/α,β-unsaturated/α-hetero) is 1. The minimum atomic E-state index is 0.259. The number of carbonyl (C=O) groups excluding carboxylic acids is 1. The Morgan fingerprint density at radius 3 is 2.75 bits per heavy atom. The molecule has 2 rings (SSSR count). The van der Waals surface area contributed by atoms with E-state index in [1.807, 2.05) is 6.26 Å². The maximum Gasteiger partial charge on any atom is 0.178 e. The van der Waals surface area contributed by atoms with Crippen molar-refractivity contribution in [1.82, 2.24) is 0 Å². The first-order chi connectivity index (χ1) is 7.69. The summed E-state index contributed by atoms with van der Waals surface area (Å²) in [6.45, 7) is 2.12. The highest BCUT2D eigenvalue weighted by Crippen LogP contribution is 2.46. The molecule has 2 N–H and O–H groups in total. The molecule has 88 valence electrons. The van der Waals surface area contributed by atoms with E-state index in [2.05, 4.69) is 6.92 Å². The Morgan fingerprint density at radius 1 is 1.56 bits per heavy atom. The van der Waals surface area contributed by atoms with Crippen LogP contribution in [0, 0.1) is 5.92 Å². The number of ketones is 1. The number of nitrogen functional groups attached to an aromatic ring is 1. The van der Waals surface area contributed by atoms with Crippen LogP contribution in [0.2, 0.25) is 0 Å². The van der Waals surface area contributed by atoms with Crippen LogP contribution < -0.4 is 5.73 Å². The lowest BCUT2D eigenvalue weighted by molar-refractivity contribution is 0.0972. The average Bonchev–Trinajstić information content (AvgIpc) is 3.05. The number of thioether (sulfide) groups is 2. The fraction of sp³-hybridized carbons (Fsp3) is 0.545. The number of hydrogen-bond donors (Lipinski definition) is 1. The largest absolute Gasteiger partial charge is 0.397 e. The van der Waals surface area contributed by atoms with E-state index in [1.54, 1.807) is 34.9 Å². The quantitative estimate of drug-likeness (QED) is 0.655. The number of nitrogens with two attached hydrogens (primary N) is 1. The first kappa shape index (κ1) is 12.3. The van der Waals surface area contributed by atoms with E-state index in [-0.39, 0.29) is 11.7 Å². The monoisotopic (exact) mass is 273 g/mol. The summed E-state index contributed by atoms with van der Waals surface area (Å²) in [6, 6.07) is 0. The number of thiophene rings is 1. The molecule has 1 aromatic heterocycles. The predicted octanol–water partition coefficient (Wildman–Crippen LogP) is 3.76. The van der Waals surface area contributed by atoms with Gasteiger partial charge in [-0.25, -0.2) is 0 Å². The topological polar surface area (TPSA) is 43.1 Å². The molecule has 2 nitrogen and oxygen atoms in total. The van der Waals surface area contributed by atoms with E-state index in [9.17, 15) is 4.79 Å². The zero-order chi connectivity index (χ0) is 11.7. The van der Waals surface area contributed by atoms with Gasteiger partial charge in [0.1, 0.15) is 0 Å². The maximum atomic E-state index is 12.0. The Kier molecular flexibility index (Phi) is 3.87. The summed E-state index contributed by atoms with van der Waals surface area (Å²) in [7, 11) is 0. The summed E-state index contributed by atoms with van der Waals surface area (Å²) in [4.78, 5) is 13.9. The SMILES string of the molecule is CCSc1sc(C(=O)C2CC2)c(N)c1SC. The van der Waals surface area contributed by atoms with Crippen LogP contribution in [-0.4, -0.2) is 17.8 Å². The highest BCUT2D eigenvalue weighted by Gasteiger charge is 2.33. The van der Waals surface area contributed by atoms with Crippen molar-refractivity contribution in [3.63, 3.8) is 0 Å². The molecular weight excluding hydrogens is 258 g/mol. The van der Waals surface area contributed by atoms with Gasteiger partial charge in [-0.1, -0.05) is 6.92 Å². The second kappa shape index (κ2) is 5.02. The second-order valence-corrected chi connectivity index (χ2v) is 7.11. The number of carbonyl (C=O) groups is 1. The highest BCUT2D eigenvalue weighted by molar-refractivity contribution is 8.03. The summed E-state index contributed by atoms with van der Waals surface area (Å²) in [6.07, 6.45) is 4.10. The van der Waals surface area contributed by atoms with Crippen molar-refractivity contribution < 1.29 is 4.79 Å². The van der Waals surface area contributed by atoms with Crippen LogP contribution in [0.4, 0.5) is 5.69 Å². The first-order valence-electron chi connectivity index (χ1n) is 5.32. The lowest BCUT2D eigenvalue weighted by Gasteiger charge is -1.99. The van der Waals surface area contributed by atoms with Crippen molar-refractivity contribution in [3.8, 4) is 0 Å². The summed E-state index contributed by atoms with van der Waals surface area (Å²) < 4.78 is 1.21. The fourth-order valence-corrected chi connectivity index (χ4v) is 5.11. The third-order valence-electron chi connectivity index (χ3n) is 2.52. The predicted molar refractivity (Wildman–Crippen MR) is 74.0 cm³/mol. The van der Waals surface area contributed by atoms with Crippen LogP contribution >= 0.6 is 34.9 Å². The van der Waals surface area contributed by atoms with Crippen LogP contribution in [0.5, 0.6) is 0 Å². The Morgan fingerprint density at radius 2 is 2.25 bits per heavy atom. The van der Waals surface area contributed by atoms with Crippen LogP contribution in [0.3, 0.4) is 0 Å². The van der Waals surface area contributed by atoms with Crippen LogP contribution in [0.1, 0.15) is 29.4 Å². The van der Waals surface area contributed by atoms with Crippen molar-refractivity contribution >= 4 is 46.3 Å². The van der Waals surface area contributed by atoms with Gasteiger partial charge in [0.05, 0.1) is 19.7 Å². The van der Waals surface area contributed by atoms with Gasteiger partial charge >= 0.3 is 0 Å². The van der Waals surface area contributed by atoms with Crippen LogP contribution in [0.25, 0.3) is 0 Å². The molecule has 16 heavy (non-hydrogen) atoms. The fourth-order valence-electron chi connectivity index (χ4n) is 1.54. The van der Waals surface area contributed by atoms with Gasteiger partial charge < -0.3 is 5.73 Å². The van der Waals surface area contributed by atoms with Gasteiger partial charge in [-0.05, 0) is 24.9 Å². The Labute approximate surface area is 108 Å². The molecule has 5 heteroatoms. The molecule has 1 fully saturated rings. The summed E-state index contributed by atoms with van der Waals surface area (Å²) >= 11 is 5.00. The molecule has 0 saturated heterocycles. The smallest absolute Gasteiger partial charge is 0.178 e. The summed E-state index contributed by atoms with van der Waals surface area (Å²) in [5, 5.41) is 0. The summed E-state index contributed by atoms with van der Waals surface area (Å²) in [5.41, 5.74) is 6.78. The molecule has 0 bridgehead atoms. The van der Waals surface area contributed by atoms with Crippen LogP contribution in [0.15, 0.2) is 9.10 Å². The molecule has 0 aromatic carbocycles. The number of anilines is 1. The van der Waals surface area contributed by atoms with E-state index in [0.717, 1.165) is 28.4 Å². The molecular formula is C11H15NOS3. The molecule has 1 aliphatic carbocycles. The molecule has 1 heterocycles. The standard InChI is InChI=1S/C11H15NOS3/c1-3-15-11-10(14-2)7(12)9(16-11)8(13)6-4-5-6/h6H,3-5,12H2,1-2H3. The van der Waals surface area contributed by atoms with Gasteiger partial charge in [0.25, 0.3) is 0 Å². The van der Waals surface area contributed by atoms with Crippen LogP contribution in [-0.2, 0) is 0 Å². The molecule has 0 spiro atoms. The van der Waals surface area contributed by atoms with Gasteiger partial charge in [-0.15, -0.1) is 34.9 Å². The van der Waals surface area contributed by atoms with Gasteiger partial charge in [-0.2, -0.15) is 0 Å². The molecule has 0 unspecified atom stereocenters. The molecule has 0 radical (unpaired) electrons. The molecule has 1 aliphatic rings. The van der Waals surface area contributed by atoms with Gasteiger partial charge in [-0.3, -0.25) is 4.79 Å². The van der Waals surface area contributed by atoms with Crippen molar-refractivity contribution in [2.45, 2.75) is 28.9 Å². The van der Waals surface area contributed by atoms with E-state index in [0.29, 0.717) is 5.69 Å².